The topological polar surface area (TPSA) is 155 Å². The SMILES string of the molecule is NC(=O)c1cnc(N2CCNCC2CC2[C@H]3CN(c4cc5c(cc4F)C(=O)N(C4CCONO4)C5=O)C[C@@H]23)nc1. The van der Waals surface area contributed by atoms with Crippen LogP contribution in [0.1, 0.15) is 43.9 Å². The molecule has 1 aromatic heterocycles. The number of fused-ring (bicyclic) bond motifs is 2. The van der Waals surface area contributed by atoms with Crippen molar-refractivity contribution in [1.29, 1.82) is 0 Å². The molecule has 0 radical (unpaired) electrons. The van der Waals surface area contributed by atoms with Gasteiger partial charge in [-0.05, 0) is 36.3 Å². The number of nitrogens with zero attached hydrogens (tertiary/aromatic N) is 5. The second-order valence-corrected chi connectivity index (χ2v) is 10.9. The van der Waals surface area contributed by atoms with Gasteiger partial charge in [-0.3, -0.25) is 24.1 Å². The summed E-state index contributed by atoms with van der Waals surface area (Å²) in [5.41, 5.74) is 8.44. The molecule has 0 bridgehead atoms. The molecule has 3 saturated heterocycles. The quantitative estimate of drug-likeness (QED) is 0.416. The maximum atomic E-state index is 15.3. The van der Waals surface area contributed by atoms with Gasteiger partial charge in [0.05, 0.1) is 29.0 Å². The second kappa shape index (κ2) is 9.73. The summed E-state index contributed by atoms with van der Waals surface area (Å²) >= 11 is 0. The normalized spacial score (nSPS) is 29.5. The summed E-state index contributed by atoms with van der Waals surface area (Å²) in [4.78, 5) is 61.4. The molecule has 4 fully saturated rings. The summed E-state index contributed by atoms with van der Waals surface area (Å²) in [5.74, 6) is -0.213. The number of nitrogens with one attached hydrogen (secondary N) is 2. The Morgan fingerprint density at radius 3 is 2.52 bits per heavy atom. The molecule has 0 spiro atoms. The molecule has 2 aromatic rings. The number of halogens is 1. The first-order valence-electron chi connectivity index (χ1n) is 13.5. The van der Waals surface area contributed by atoms with E-state index in [-0.39, 0.29) is 29.3 Å². The molecule has 13 nitrogen and oxygen atoms in total. The first-order chi connectivity index (χ1) is 19.4. The van der Waals surface area contributed by atoms with Crippen molar-refractivity contribution in [2.45, 2.75) is 25.1 Å². The van der Waals surface area contributed by atoms with Crippen molar-refractivity contribution >= 4 is 29.4 Å². The molecule has 5 atom stereocenters. The number of piperidine rings is 1. The van der Waals surface area contributed by atoms with Crippen molar-refractivity contribution < 1.29 is 28.4 Å². The maximum absolute atomic E-state index is 15.3. The van der Waals surface area contributed by atoms with Gasteiger partial charge in [-0.2, -0.15) is 0 Å². The van der Waals surface area contributed by atoms with Gasteiger partial charge in [0.2, 0.25) is 5.95 Å². The number of anilines is 2. The molecule has 1 aliphatic carbocycles. The smallest absolute Gasteiger partial charge is 0.263 e. The molecule has 1 saturated carbocycles. The van der Waals surface area contributed by atoms with E-state index in [0.29, 0.717) is 48.9 Å². The highest BCUT2D eigenvalue weighted by Crippen LogP contribution is 2.55. The third-order valence-electron chi connectivity index (χ3n) is 8.77. The number of nitrogens with two attached hydrogens (primary N) is 1. The van der Waals surface area contributed by atoms with E-state index in [0.717, 1.165) is 31.0 Å². The zero-order chi connectivity index (χ0) is 27.5. The van der Waals surface area contributed by atoms with E-state index in [4.69, 9.17) is 15.4 Å². The van der Waals surface area contributed by atoms with Gasteiger partial charge in [-0.1, -0.05) is 5.64 Å². The number of aromatic nitrogens is 2. The Bertz CT molecular complexity index is 1360. The molecule has 14 heteroatoms. The molecule has 4 aliphatic heterocycles. The van der Waals surface area contributed by atoms with Gasteiger partial charge in [0.1, 0.15) is 5.82 Å². The van der Waals surface area contributed by atoms with Crippen molar-refractivity contribution in [3.05, 3.63) is 47.0 Å². The minimum Gasteiger partial charge on any atom is -0.369 e. The van der Waals surface area contributed by atoms with Crippen molar-refractivity contribution in [2.75, 3.05) is 49.1 Å². The highest BCUT2D eigenvalue weighted by atomic mass is 19.1. The lowest BCUT2D eigenvalue weighted by atomic mass is 10.0. The number of hydrogen-bond donors (Lipinski definition) is 3. The first-order valence-corrected chi connectivity index (χ1v) is 13.5. The maximum Gasteiger partial charge on any atom is 0.263 e. The summed E-state index contributed by atoms with van der Waals surface area (Å²) < 4.78 is 15.3. The number of rotatable bonds is 6. The molecule has 7 rings (SSSR count). The summed E-state index contributed by atoms with van der Waals surface area (Å²) in [7, 11) is 0. The number of imide groups is 1. The summed E-state index contributed by atoms with van der Waals surface area (Å²) in [6.07, 6.45) is 3.38. The zero-order valence-corrected chi connectivity index (χ0v) is 21.6. The minimum atomic E-state index is -0.812. The van der Waals surface area contributed by atoms with Crippen LogP contribution in [0.2, 0.25) is 0 Å². The van der Waals surface area contributed by atoms with Crippen LogP contribution in [-0.4, -0.2) is 84.2 Å². The van der Waals surface area contributed by atoms with Gasteiger partial charge in [-0.25, -0.2) is 19.3 Å². The zero-order valence-electron chi connectivity index (χ0n) is 21.6. The second-order valence-electron chi connectivity index (χ2n) is 10.9. The van der Waals surface area contributed by atoms with Crippen LogP contribution >= 0.6 is 0 Å². The largest absolute Gasteiger partial charge is 0.369 e. The molecule has 210 valence electrons. The lowest BCUT2D eigenvalue weighted by molar-refractivity contribution is -0.259. The fraction of sp³-hybridized carbons (Fsp3) is 0.500. The first kappa shape index (κ1) is 25.3. The number of carbonyl (C=O) groups excluding carboxylic acids is 3. The van der Waals surface area contributed by atoms with E-state index in [1.54, 1.807) is 0 Å². The standard InChI is InChI=1S/C26H29FN8O5/c27-20-6-16-17(25(38)35(24(16)37)22-1-4-39-32-40-22)7-21(20)33-11-18-15(19(18)12-33)5-14-10-29-2-3-34(14)26-30-8-13(9-31-26)23(28)36/h6-9,14-15,18-19,22,29,32H,1-5,10-12H2,(H2,28,36)/t14?,15?,18-,19+,22?. The van der Waals surface area contributed by atoms with Gasteiger partial charge in [-0.15, -0.1) is 0 Å². The number of benzene rings is 1. The van der Waals surface area contributed by atoms with Crippen molar-refractivity contribution in [2.24, 2.45) is 23.5 Å². The minimum absolute atomic E-state index is 0.0551. The molecule has 3 unspecified atom stereocenters. The number of carbonyl (C=O) groups is 3. The van der Waals surface area contributed by atoms with E-state index in [2.05, 4.69) is 25.8 Å². The van der Waals surface area contributed by atoms with Gasteiger partial charge in [0.15, 0.2) is 6.23 Å². The van der Waals surface area contributed by atoms with Crippen LogP contribution in [-0.2, 0) is 9.68 Å². The Labute approximate surface area is 228 Å². The fourth-order valence-corrected chi connectivity index (χ4v) is 6.64. The van der Waals surface area contributed by atoms with Crippen molar-refractivity contribution in [3.63, 3.8) is 0 Å². The highest BCUT2D eigenvalue weighted by molar-refractivity contribution is 6.22. The lowest BCUT2D eigenvalue weighted by Crippen LogP contribution is -2.52. The average molecular weight is 553 g/mol. The van der Waals surface area contributed by atoms with Crippen LogP contribution in [0.5, 0.6) is 0 Å². The Morgan fingerprint density at radius 1 is 1.12 bits per heavy atom. The molecule has 40 heavy (non-hydrogen) atoms. The van der Waals surface area contributed by atoms with Gasteiger partial charge in [0.25, 0.3) is 17.7 Å². The molecular weight excluding hydrogens is 523 g/mol. The fourth-order valence-electron chi connectivity index (χ4n) is 6.64. The predicted molar refractivity (Wildman–Crippen MR) is 137 cm³/mol. The van der Waals surface area contributed by atoms with Crippen LogP contribution in [0, 0.1) is 23.6 Å². The third-order valence-corrected chi connectivity index (χ3v) is 8.77. The Balaban J connectivity index is 1.02. The Morgan fingerprint density at radius 2 is 1.85 bits per heavy atom. The van der Waals surface area contributed by atoms with Gasteiger partial charge < -0.3 is 20.9 Å². The number of piperazine rings is 1. The summed E-state index contributed by atoms with van der Waals surface area (Å²) in [5, 5.41) is 3.45. The van der Waals surface area contributed by atoms with Crippen LogP contribution < -0.4 is 26.5 Å². The number of primary amides is 1. The molecule has 5 aliphatic rings. The van der Waals surface area contributed by atoms with Crippen molar-refractivity contribution in [3.8, 4) is 0 Å². The number of hydrogen-bond acceptors (Lipinski definition) is 11. The van der Waals surface area contributed by atoms with Gasteiger partial charge in [0, 0.05) is 57.6 Å². The van der Waals surface area contributed by atoms with E-state index in [1.807, 2.05) is 4.90 Å². The van der Waals surface area contributed by atoms with Crippen LogP contribution in [0.4, 0.5) is 16.0 Å². The summed E-state index contributed by atoms with van der Waals surface area (Å²) in [6.45, 7) is 4.03. The third kappa shape index (κ3) is 4.18. The Hall–Kier alpha value is -3.72. The van der Waals surface area contributed by atoms with E-state index in [9.17, 15) is 14.4 Å². The molecular formula is C26H29FN8O5. The van der Waals surface area contributed by atoms with Crippen LogP contribution in [0.3, 0.4) is 0 Å². The molecule has 5 heterocycles. The van der Waals surface area contributed by atoms with E-state index < -0.39 is 29.8 Å². The van der Waals surface area contributed by atoms with Gasteiger partial charge >= 0.3 is 0 Å². The van der Waals surface area contributed by atoms with E-state index in [1.165, 1.54) is 24.5 Å². The predicted octanol–water partition coefficient (Wildman–Crippen LogP) is 0.0439. The van der Waals surface area contributed by atoms with E-state index >= 15 is 4.39 Å². The average Bonchev–Trinajstić information content (AvgIpc) is 3.29. The number of amides is 3. The Kier molecular flexibility index (Phi) is 6.14. The van der Waals surface area contributed by atoms with Crippen molar-refractivity contribution in [1.82, 2.24) is 25.8 Å². The highest BCUT2D eigenvalue weighted by Gasteiger charge is 2.56. The lowest BCUT2D eigenvalue weighted by Gasteiger charge is -2.37. The van der Waals surface area contributed by atoms with Crippen LogP contribution in [0.15, 0.2) is 24.5 Å². The van der Waals surface area contributed by atoms with Crippen LogP contribution in [0.25, 0.3) is 0 Å². The summed E-state index contributed by atoms with van der Waals surface area (Å²) in [6, 6.07) is 2.89. The monoisotopic (exact) mass is 552 g/mol. The molecule has 3 amide bonds. The molecule has 4 N–H and O–H groups in total. The molecule has 1 aromatic carbocycles.